The predicted molar refractivity (Wildman–Crippen MR) is 107 cm³/mol. The zero-order valence-electron chi connectivity index (χ0n) is 16.1. The lowest BCUT2D eigenvalue weighted by molar-refractivity contribution is -0.143. The lowest BCUT2D eigenvalue weighted by atomic mass is 10.1. The highest BCUT2D eigenvalue weighted by atomic mass is 35.5. The summed E-state index contributed by atoms with van der Waals surface area (Å²) in [6.45, 7) is 4.12. The molecule has 1 aromatic carbocycles. The van der Waals surface area contributed by atoms with Crippen LogP contribution in [-0.4, -0.2) is 81.3 Å². The van der Waals surface area contributed by atoms with E-state index in [2.05, 4.69) is 20.1 Å². The first-order chi connectivity index (χ1) is 13.4. The fourth-order valence-corrected chi connectivity index (χ4v) is 4.17. The van der Waals surface area contributed by atoms with Crippen LogP contribution in [0, 0.1) is 5.92 Å². The van der Waals surface area contributed by atoms with Crippen molar-refractivity contribution in [3.63, 3.8) is 0 Å². The molecule has 0 aromatic heterocycles. The van der Waals surface area contributed by atoms with Gasteiger partial charge in [-0.05, 0) is 31.0 Å². The van der Waals surface area contributed by atoms with Crippen LogP contribution in [-0.2, 0) is 0 Å². The van der Waals surface area contributed by atoms with E-state index in [-0.39, 0.29) is 5.92 Å². The van der Waals surface area contributed by atoms with Gasteiger partial charge < -0.3 is 15.1 Å². The standard InChI is InChI=1S/C19H27ClF3N5/c1-24-18(25-12-15-6-7-26(13-15)14-19(21,22)23)28-10-8-27(9-11-28)17-5-3-2-4-16(17)20/h2-5,15H,6-14H2,1H3,(H,24,25). The van der Waals surface area contributed by atoms with Gasteiger partial charge in [0.05, 0.1) is 17.3 Å². The Morgan fingerprint density at radius 1 is 1.18 bits per heavy atom. The van der Waals surface area contributed by atoms with Crippen molar-refractivity contribution in [3.05, 3.63) is 29.3 Å². The van der Waals surface area contributed by atoms with E-state index in [1.807, 2.05) is 24.3 Å². The molecule has 0 spiro atoms. The molecule has 5 nitrogen and oxygen atoms in total. The van der Waals surface area contributed by atoms with Gasteiger partial charge in [-0.15, -0.1) is 0 Å². The fourth-order valence-electron chi connectivity index (χ4n) is 3.91. The van der Waals surface area contributed by atoms with Gasteiger partial charge in [-0.1, -0.05) is 23.7 Å². The number of nitrogens with zero attached hydrogens (tertiary/aromatic N) is 4. The summed E-state index contributed by atoms with van der Waals surface area (Å²) in [5, 5.41) is 4.11. The minimum absolute atomic E-state index is 0.212. The molecule has 2 fully saturated rings. The molecule has 1 aromatic rings. The number of likely N-dealkylation sites (tertiary alicyclic amines) is 1. The molecule has 0 aliphatic carbocycles. The number of hydrogen-bond acceptors (Lipinski definition) is 3. The molecule has 0 saturated carbocycles. The van der Waals surface area contributed by atoms with Crippen molar-refractivity contribution in [3.8, 4) is 0 Å². The monoisotopic (exact) mass is 417 g/mol. The Labute approximate surface area is 169 Å². The van der Waals surface area contributed by atoms with Crippen molar-refractivity contribution in [2.45, 2.75) is 12.6 Å². The molecule has 156 valence electrons. The van der Waals surface area contributed by atoms with Crippen LogP contribution in [0.25, 0.3) is 0 Å². The fraction of sp³-hybridized carbons (Fsp3) is 0.632. The van der Waals surface area contributed by atoms with E-state index in [0.29, 0.717) is 19.6 Å². The van der Waals surface area contributed by atoms with Gasteiger partial charge in [0.1, 0.15) is 0 Å². The van der Waals surface area contributed by atoms with Crippen LogP contribution in [0.2, 0.25) is 5.02 Å². The van der Waals surface area contributed by atoms with Crippen LogP contribution in [0.15, 0.2) is 29.3 Å². The SMILES string of the molecule is CN=C(NCC1CCN(CC(F)(F)F)C1)N1CCN(c2ccccc2Cl)CC1. The number of nitrogens with one attached hydrogen (secondary N) is 1. The van der Waals surface area contributed by atoms with E-state index in [1.165, 1.54) is 4.90 Å². The topological polar surface area (TPSA) is 34.1 Å². The molecular weight excluding hydrogens is 391 g/mol. The largest absolute Gasteiger partial charge is 0.401 e. The van der Waals surface area contributed by atoms with E-state index in [1.54, 1.807) is 7.05 Å². The summed E-state index contributed by atoms with van der Waals surface area (Å²) in [6.07, 6.45) is -3.35. The predicted octanol–water partition coefficient (Wildman–Crippen LogP) is 2.92. The summed E-state index contributed by atoms with van der Waals surface area (Å²) in [7, 11) is 1.74. The van der Waals surface area contributed by atoms with Gasteiger partial charge >= 0.3 is 6.18 Å². The zero-order chi connectivity index (χ0) is 20.1. The van der Waals surface area contributed by atoms with E-state index in [4.69, 9.17) is 11.6 Å². The first kappa shape index (κ1) is 21.0. The maximum Gasteiger partial charge on any atom is 0.401 e. The number of halogens is 4. The van der Waals surface area contributed by atoms with Gasteiger partial charge in [0.15, 0.2) is 5.96 Å². The summed E-state index contributed by atoms with van der Waals surface area (Å²) in [6, 6.07) is 7.83. The molecule has 2 aliphatic rings. The molecule has 0 amide bonds. The van der Waals surface area contributed by atoms with E-state index < -0.39 is 12.7 Å². The third-order valence-electron chi connectivity index (χ3n) is 5.31. The van der Waals surface area contributed by atoms with Crippen molar-refractivity contribution in [1.82, 2.24) is 15.1 Å². The third kappa shape index (κ3) is 5.67. The molecule has 2 saturated heterocycles. The molecule has 0 bridgehead atoms. The second-order valence-corrected chi connectivity index (χ2v) is 7.77. The third-order valence-corrected chi connectivity index (χ3v) is 5.63. The number of benzene rings is 1. The first-order valence-corrected chi connectivity index (χ1v) is 9.97. The summed E-state index contributed by atoms with van der Waals surface area (Å²) in [5.74, 6) is 1.02. The molecule has 1 unspecified atom stereocenters. The number of guanidine groups is 1. The minimum atomic E-state index is -4.13. The highest BCUT2D eigenvalue weighted by Gasteiger charge is 2.34. The van der Waals surface area contributed by atoms with Crippen molar-refractivity contribution in [1.29, 1.82) is 0 Å². The smallest absolute Gasteiger partial charge is 0.367 e. The van der Waals surface area contributed by atoms with Gasteiger partial charge in [0.25, 0.3) is 0 Å². The quantitative estimate of drug-likeness (QED) is 0.603. The van der Waals surface area contributed by atoms with E-state index in [0.717, 1.165) is 49.3 Å². The number of aliphatic imine (C=N–C) groups is 1. The molecular formula is C19H27ClF3N5. The first-order valence-electron chi connectivity index (χ1n) is 9.60. The molecule has 9 heteroatoms. The highest BCUT2D eigenvalue weighted by molar-refractivity contribution is 6.33. The second-order valence-electron chi connectivity index (χ2n) is 7.36. The van der Waals surface area contributed by atoms with Crippen LogP contribution >= 0.6 is 11.6 Å². The van der Waals surface area contributed by atoms with Gasteiger partial charge in [-0.3, -0.25) is 9.89 Å². The zero-order valence-corrected chi connectivity index (χ0v) is 16.8. The van der Waals surface area contributed by atoms with Crippen LogP contribution in [0.4, 0.5) is 18.9 Å². The average molecular weight is 418 g/mol. The van der Waals surface area contributed by atoms with E-state index in [9.17, 15) is 13.2 Å². The van der Waals surface area contributed by atoms with Gasteiger partial charge in [-0.25, -0.2) is 0 Å². The molecule has 1 N–H and O–H groups in total. The molecule has 2 heterocycles. The second kappa shape index (κ2) is 9.22. The normalized spacial score (nSPS) is 22.0. The van der Waals surface area contributed by atoms with Crippen molar-refractivity contribution in [2.24, 2.45) is 10.9 Å². The molecule has 1 atom stereocenters. The van der Waals surface area contributed by atoms with Crippen LogP contribution in [0.3, 0.4) is 0 Å². The Kier molecular flexibility index (Phi) is 6.93. The summed E-state index contributed by atoms with van der Waals surface area (Å²) in [5.41, 5.74) is 1.04. The van der Waals surface area contributed by atoms with E-state index >= 15 is 0 Å². The lowest BCUT2D eigenvalue weighted by Gasteiger charge is -2.38. The summed E-state index contributed by atoms with van der Waals surface area (Å²) in [4.78, 5) is 10.3. The maximum absolute atomic E-state index is 12.5. The Balaban J connectivity index is 1.45. The molecule has 0 radical (unpaired) electrons. The number of alkyl halides is 3. The van der Waals surface area contributed by atoms with Crippen LogP contribution in [0.5, 0.6) is 0 Å². The maximum atomic E-state index is 12.5. The molecule has 3 rings (SSSR count). The Bertz CT molecular complexity index is 674. The van der Waals surface area contributed by atoms with Gasteiger partial charge in [0.2, 0.25) is 0 Å². The average Bonchev–Trinajstić information content (AvgIpc) is 3.09. The van der Waals surface area contributed by atoms with Crippen molar-refractivity contribution in [2.75, 3.05) is 64.3 Å². The van der Waals surface area contributed by atoms with Crippen molar-refractivity contribution < 1.29 is 13.2 Å². The highest BCUT2D eigenvalue weighted by Crippen LogP contribution is 2.26. The summed E-state index contributed by atoms with van der Waals surface area (Å²) < 4.78 is 37.6. The number of para-hydroxylation sites is 1. The summed E-state index contributed by atoms with van der Waals surface area (Å²) >= 11 is 6.29. The van der Waals surface area contributed by atoms with Crippen LogP contribution in [0.1, 0.15) is 6.42 Å². The van der Waals surface area contributed by atoms with Gasteiger partial charge in [-0.2, -0.15) is 13.2 Å². The Hall–Kier alpha value is -1.67. The number of piperazine rings is 1. The van der Waals surface area contributed by atoms with Crippen LogP contribution < -0.4 is 10.2 Å². The lowest BCUT2D eigenvalue weighted by Crippen LogP contribution is -2.53. The Morgan fingerprint density at radius 2 is 1.89 bits per heavy atom. The van der Waals surface area contributed by atoms with Gasteiger partial charge in [0, 0.05) is 46.3 Å². The number of hydrogen-bond donors (Lipinski definition) is 1. The molecule has 2 aliphatic heterocycles. The number of rotatable bonds is 4. The molecule has 28 heavy (non-hydrogen) atoms. The minimum Gasteiger partial charge on any atom is -0.367 e. The Morgan fingerprint density at radius 3 is 2.54 bits per heavy atom. The number of anilines is 1. The van der Waals surface area contributed by atoms with Crippen molar-refractivity contribution >= 4 is 23.2 Å².